The van der Waals surface area contributed by atoms with Gasteiger partial charge in [0.25, 0.3) is 0 Å². The van der Waals surface area contributed by atoms with E-state index in [1.807, 2.05) is 29.0 Å². The maximum absolute atomic E-state index is 12.2. The summed E-state index contributed by atoms with van der Waals surface area (Å²) in [6, 6.07) is 4.77. The minimum absolute atomic E-state index is 0.0598. The number of nitrogens with one attached hydrogen (secondary N) is 2. The lowest BCUT2D eigenvalue weighted by Gasteiger charge is -2.37. The van der Waals surface area contributed by atoms with Crippen LogP contribution in [-0.2, 0) is 23.0 Å². The summed E-state index contributed by atoms with van der Waals surface area (Å²) in [5.74, 6) is 0.561. The van der Waals surface area contributed by atoms with Gasteiger partial charge in [-0.05, 0) is 55.0 Å². The van der Waals surface area contributed by atoms with E-state index < -0.39 is 0 Å². The van der Waals surface area contributed by atoms with Gasteiger partial charge < -0.3 is 19.9 Å². The smallest absolute Gasteiger partial charge is 0.219 e. The molecule has 1 atom stereocenters. The molecule has 34 heavy (non-hydrogen) atoms. The number of carbonyl (C=O) groups excluding carboxylic acids is 1. The van der Waals surface area contributed by atoms with Crippen molar-refractivity contribution in [1.29, 1.82) is 5.41 Å². The summed E-state index contributed by atoms with van der Waals surface area (Å²) in [4.78, 5) is 16.2. The topological polar surface area (TPSA) is 86.5 Å². The number of nitrogens with zero attached hydrogens (tertiary/aromatic N) is 4. The number of ether oxygens (including phenoxy) is 1. The number of amidine groups is 1. The van der Waals surface area contributed by atoms with Crippen molar-refractivity contribution in [2.75, 3.05) is 37.7 Å². The van der Waals surface area contributed by atoms with Crippen molar-refractivity contribution < 1.29 is 9.53 Å². The summed E-state index contributed by atoms with van der Waals surface area (Å²) in [6.07, 6.45) is 7.66. The fourth-order valence-corrected chi connectivity index (χ4v) is 5.31. The molecule has 1 fully saturated rings. The number of benzene rings is 1. The van der Waals surface area contributed by atoms with Gasteiger partial charge >= 0.3 is 0 Å². The van der Waals surface area contributed by atoms with Crippen molar-refractivity contribution in [1.82, 2.24) is 20.0 Å². The minimum atomic E-state index is 0.0598. The Hall–Kier alpha value is -3.13. The second kappa shape index (κ2) is 9.25. The Labute approximate surface area is 201 Å². The summed E-state index contributed by atoms with van der Waals surface area (Å²) in [5, 5.41) is 17.3. The van der Waals surface area contributed by atoms with Gasteiger partial charge in [-0.15, -0.1) is 0 Å². The lowest BCUT2D eigenvalue weighted by atomic mass is 9.92. The molecule has 2 N–H and O–H groups in total. The first kappa shape index (κ1) is 22.7. The van der Waals surface area contributed by atoms with Gasteiger partial charge in [-0.3, -0.25) is 14.9 Å². The van der Waals surface area contributed by atoms with E-state index in [4.69, 9.17) is 4.74 Å². The molecule has 2 aromatic rings. The van der Waals surface area contributed by atoms with Gasteiger partial charge in [-0.25, -0.2) is 0 Å². The van der Waals surface area contributed by atoms with E-state index in [1.165, 1.54) is 16.7 Å². The van der Waals surface area contributed by atoms with Crippen LogP contribution in [0.4, 0.5) is 5.69 Å². The van der Waals surface area contributed by atoms with Crippen LogP contribution in [-0.4, -0.2) is 65.3 Å². The molecule has 3 aliphatic heterocycles. The van der Waals surface area contributed by atoms with Gasteiger partial charge in [-0.2, -0.15) is 5.10 Å². The van der Waals surface area contributed by atoms with Crippen LogP contribution in [0.3, 0.4) is 0 Å². The maximum atomic E-state index is 12.2. The minimum Gasteiger partial charge on any atom is -0.383 e. The van der Waals surface area contributed by atoms with Crippen LogP contribution in [0.2, 0.25) is 0 Å². The zero-order valence-corrected chi connectivity index (χ0v) is 20.4. The molecule has 0 spiro atoms. The predicted molar refractivity (Wildman–Crippen MR) is 133 cm³/mol. The van der Waals surface area contributed by atoms with Crippen LogP contribution in [0, 0.1) is 12.3 Å². The second-order valence-electron chi connectivity index (χ2n) is 9.65. The standard InChI is InChI=1S/C26H34N6O2/c1-17-11-25-19(12-22(17)20-13-28-30(3)14-20)5-4-8-32(25)26(27)23-15-31(18(2)33)9-6-24(23)29-21-7-10-34-16-21/h11-14,21,27,29H,4-10,15-16H2,1-3H3. The van der Waals surface area contributed by atoms with Crippen molar-refractivity contribution in [3.05, 3.63) is 46.9 Å². The normalized spacial score (nSPS) is 20.5. The third-order valence-electron chi connectivity index (χ3n) is 7.21. The van der Waals surface area contributed by atoms with Crippen molar-refractivity contribution in [3.8, 4) is 11.1 Å². The highest BCUT2D eigenvalue weighted by Crippen LogP contribution is 2.36. The molecule has 3 aliphatic rings. The highest BCUT2D eigenvalue weighted by atomic mass is 16.5. The number of amides is 1. The van der Waals surface area contributed by atoms with Crippen LogP contribution in [0.1, 0.15) is 37.3 Å². The number of hydrogen-bond acceptors (Lipinski definition) is 5. The van der Waals surface area contributed by atoms with E-state index in [9.17, 15) is 10.2 Å². The lowest BCUT2D eigenvalue weighted by molar-refractivity contribution is -0.128. The summed E-state index contributed by atoms with van der Waals surface area (Å²) in [7, 11) is 1.94. The first-order valence-corrected chi connectivity index (χ1v) is 12.2. The molecule has 8 heteroatoms. The Morgan fingerprint density at radius 1 is 1.26 bits per heavy atom. The fourth-order valence-electron chi connectivity index (χ4n) is 5.31. The zero-order valence-electron chi connectivity index (χ0n) is 20.4. The third-order valence-corrected chi connectivity index (χ3v) is 7.21. The average Bonchev–Trinajstić information content (AvgIpc) is 3.49. The zero-order chi connectivity index (χ0) is 23.8. The van der Waals surface area contributed by atoms with Crippen LogP contribution in [0.15, 0.2) is 35.8 Å². The summed E-state index contributed by atoms with van der Waals surface area (Å²) in [5.41, 5.74) is 7.88. The van der Waals surface area contributed by atoms with E-state index in [0.717, 1.165) is 61.4 Å². The molecular weight excluding hydrogens is 428 g/mol. The fraction of sp³-hybridized carbons (Fsp3) is 0.500. The van der Waals surface area contributed by atoms with Gasteiger partial charge in [0.1, 0.15) is 5.84 Å². The first-order valence-electron chi connectivity index (χ1n) is 12.2. The summed E-state index contributed by atoms with van der Waals surface area (Å²) < 4.78 is 7.39. The van der Waals surface area contributed by atoms with Crippen LogP contribution >= 0.6 is 0 Å². The largest absolute Gasteiger partial charge is 0.383 e. The molecule has 0 aliphatic carbocycles. The number of anilines is 1. The van der Waals surface area contributed by atoms with Crippen LogP contribution < -0.4 is 10.2 Å². The second-order valence-corrected chi connectivity index (χ2v) is 9.65. The SMILES string of the molecule is CC(=O)N1CCC(NC2CCOC2)=C(C(=N)N2CCCc3cc(-c4cnn(C)c4)c(C)cc32)C1. The summed E-state index contributed by atoms with van der Waals surface area (Å²) >= 11 is 0. The highest BCUT2D eigenvalue weighted by molar-refractivity contribution is 6.09. The number of carbonyl (C=O) groups is 1. The van der Waals surface area contributed by atoms with E-state index in [2.05, 4.69) is 34.4 Å². The molecule has 5 rings (SSSR count). The first-order chi connectivity index (χ1) is 16.4. The molecule has 1 aromatic heterocycles. The maximum Gasteiger partial charge on any atom is 0.219 e. The van der Waals surface area contributed by atoms with E-state index in [1.54, 1.807) is 6.92 Å². The lowest BCUT2D eigenvalue weighted by Crippen LogP contribution is -2.46. The molecule has 0 saturated carbocycles. The summed E-state index contributed by atoms with van der Waals surface area (Å²) in [6.45, 7) is 7.18. The molecule has 4 heterocycles. The van der Waals surface area contributed by atoms with Crippen molar-refractivity contribution >= 4 is 17.4 Å². The van der Waals surface area contributed by atoms with Crippen molar-refractivity contribution in [2.45, 2.75) is 45.6 Å². The molecule has 8 nitrogen and oxygen atoms in total. The van der Waals surface area contributed by atoms with Gasteiger partial charge in [-0.1, -0.05) is 0 Å². The highest BCUT2D eigenvalue weighted by Gasteiger charge is 2.30. The van der Waals surface area contributed by atoms with Gasteiger partial charge in [0, 0.05) is 68.8 Å². The van der Waals surface area contributed by atoms with Crippen molar-refractivity contribution in [3.63, 3.8) is 0 Å². The molecule has 180 valence electrons. The third kappa shape index (κ3) is 4.34. The molecule has 0 bridgehead atoms. The Bertz CT molecular complexity index is 1140. The molecule has 1 saturated heterocycles. The van der Waals surface area contributed by atoms with Crippen LogP contribution in [0.5, 0.6) is 0 Å². The Morgan fingerprint density at radius 2 is 2.12 bits per heavy atom. The number of aromatic nitrogens is 2. The number of fused-ring (bicyclic) bond motifs is 1. The number of rotatable bonds is 4. The Balaban J connectivity index is 1.49. The molecule has 1 amide bonds. The molecule has 1 aromatic carbocycles. The molecule has 0 radical (unpaired) electrons. The van der Waals surface area contributed by atoms with E-state index in [-0.39, 0.29) is 11.9 Å². The van der Waals surface area contributed by atoms with Gasteiger partial charge in [0.15, 0.2) is 0 Å². The van der Waals surface area contributed by atoms with E-state index in [0.29, 0.717) is 25.5 Å². The predicted octanol–water partition coefficient (Wildman–Crippen LogP) is 3.01. The van der Waals surface area contributed by atoms with Crippen LogP contribution in [0.25, 0.3) is 11.1 Å². The number of hydrogen-bond donors (Lipinski definition) is 2. The average molecular weight is 463 g/mol. The monoisotopic (exact) mass is 462 g/mol. The molecular formula is C26H34N6O2. The van der Waals surface area contributed by atoms with Gasteiger partial charge in [0.2, 0.25) is 5.91 Å². The van der Waals surface area contributed by atoms with Crippen molar-refractivity contribution in [2.24, 2.45) is 7.05 Å². The van der Waals surface area contributed by atoms with E-state index >= 15 is 0 Å². The Kier molecular flexibility index (Phi) is 6.16. The number of aryl methyl sites for hydroxylation is 3. The van der Waals surface area contributed by atoms with Gasteiger partial charge in [0.05, 0.1) is 25.4 Å². The quantitative estimate of drug-likeness (QED) is 0.539. The molecule has 1 unspecified atom stereocenters. The Morgan fingerprint density at radius 3 is 2.82 bits per heavy atom.